The van der Waals surface area contributed by atoms with Gasteiger partial charge in [-0.15, -0.1) is 0 Å². The zero-order chi connectivity index (χ0) is 9.68. The molecule has 1 N–H and O–H groups in total. The summed E-state index contributed by atoms with van der Waals surface area (Å²) < 4.78 is 5.71. The van der Waals surface area contributed by atoms with Crippen LogP contribution in [0.15, 0.2) is 12.2 Å². The zero-order valence-corrected chi connectivity index (χ0v) is 9.32. The number of ether oxygens (including phenoxy) is 1. The first-order chi connectivity index (χ1) is 6.25. The Hall–Kier alpha value is 0.01000. The van der Waals surface area contributed by atoms with E-state index in [1.807, 2.05) is 11.8 Å². The first-order valence-corrected chi connectivity index (χ1v) is 5.99. The topological polar surface area (TPSA) is 21.3 Å². The molecule has 0 radical (unpaired) electrons. The third-order valence-electron chi connectivity index (χ3n) is 2.17. The molecule has 2 atom stereocenters. The van der Waals surface area contributed by atoms with Gasteiger partial charge in [-0.2, -0.15) is 11.8 Å². The highest BCUT2D eigenvalue weighted by Gasteiger charge is 2.24. The van der Waals surface area contributed by atoms with Gasteiger partial charge in [-0.05, 0) is 13.5 Å². The largest absolute Gasteiger partial charge is 0.375 e. The first-order valence-electron chi connectivity index (χ1n) is 4.83. The summed E-state index contributed by atoms with van der Waals surface area (Å²) in [6.07, 6.45) is 0.316. The van der Waals surface area contributed by atoms with Crippen molar-refractivity contribution < 1.29 is 4.74 Å². The molecule has 0 bridgehead atoms. The number of thioether (sulfide) groups is 1. The fraction of sp³-hybridized carbons (Fsp3) is 0.800. The zero-order valence-electron chi connectivity index (χ0n) is 8.51. The average Bonchev–Trinajstić information content (AvgIpc) is 2.15. The molecule has 0 amide bonds. The molecule has 1 aliphatic rings. The van der Waals surface area contributed by atoms with Crippen molar-refractivity contribution >= 4 is 11.8 Å². The van der Waals surface area contributed by atoms with Crippen molar-refractivity contribution in [1.29, 1.82) is 0 Å². The summed E-state index contributed by atoms with van der Waals surface area (Å²) in [6.45, 7) is 10.0. The Bertz CT molecular complexity index is 166. The minimum atomic E-state index is 0.316. The van der Waals surface area contributed by atoms with E-state index in [-0.39, 0.29) is 0 Å². The maximum atomic E-state index is 5.71. The molecule has 1 saturated heterocycles. The van der Waals surface area contributed by atoms with Crippen LogP contribution < -0.4 is 5.32 Å². The van der Waals surface area contributed by atoms with Crippen molar-refractivity contribution in [2.24, 2.45) is 0 Å². The van der Waals surface area contributed by atoms with Crippen molar-refractivity contribution in [3.05, 3.63) is 12.2 Å². The molecule has 2 unspecified atom stereocenters. The van der Waals surface area contributed by atoms with Crippen LogP contribution >= 0.6 is 11.8 Å². The van der Waals surface area contributed by atoms with Gasteiger partial charge < -0.3 is 10.1 Å². The van der Waals surface area contributed by atoms with E-state index in [1.54, 1.807) is 0 Å². The van der Waals surface area contributed by atoms with Gasteiger partial charge in [0, 0.05) is 11.5 Å². The van der Waals surface area contributed by atoms with Crippen LogP contribution in [0.2, 0.25) is 0 Å². The lowest BCUT2D eigenvalue weighted by Crippen LogP contribution is -2.45. The van der Waals surface area contributed by atoms with Crippen LogP contribution in [-0.2, 0) is 4.74 Å². The second-order valence-corrected chi connectivity index (χ2v) is 4.52. The molecule has 13 heavy (non-hydrogen) atoms. The van der Waals surface area contributed by atoms with Gasteiger partial charge >= 0.3 is 0 Å². The van der Waals surface area contributed by atoms with Gasteiger partial charge in [0.1, 0.15) is 0 Å². The Labute approximate surface area is 85.1 Å². The molecule has 76 valence electrons. The Morgan fingerprint density at radius 1 is 1.77 bits per heavy atom. The molecule has 0 saturated carbocycles. The molecule has 3 heteroatoms. The van der Waals surface area contributed by atoms with Crippen LogP contribution in [0.3, 0.4) is 0 Å². The molecule has 0 aromatic rings. The quantitative estimate of drug-likeness (QED) is 0.699. The van der Waals surface area contributed by atoms with Crippen LogP contribution in [0.25, 0.3) is 0 Å². The molecule has 2 nitrogen and oxygen atoms in total. The highest BCUT2D eigenvalue weighted by molar-refractivity contribution is 7.99. The van der Waals surface area contributed by atoms with E-state index in [4.69, 9.17) is 4.74 Å². The first kappa shape index (κ1) is 11.1. The molecule has 0 aromatic carbocycles. The molecule has 1 rings (SSSR count). The molecule has 1 heterocycles. The summed E-state index contributed by atoms with van der Waals surface area (Å²) in [7, 11) is 0. The summed E-state index contributed by atoms with van der Waals surface area (Å²) >= 11 is 1.97. The van der Waals surface area contributed by atoms with Gasteiger partial charge in [-0.1, -0.05) is 19.1 Å². The summed E-state index contributed by atoms with van der Waals surface area (Å²) in [5, 5.41) is 3.41. The Balaban J connectivity index is 2.46. The molecular formula is C10H19NOS. The lowest BCUT2D eigenvalue weighted by molar-refractivity contribution is 0.0566. The van der Waals surface area contributed by atoms with Crippen molar-refractivity contribution in [1.82, 2.24) is 5.32 Å². The van der Waals surface area contributed by atoms with E-state index in [1.165, 1.54) is 5.57 Å². The molecule has 1 fully saturated rings. The van der Waals surface area contributed by atoms with Crippen molar-refractivity contribution in [2.75, 3.05) is 24.7 Å². The number of rotatable bonds is 4. The Kier molecular flexibility index (Phi) is 4.84. The standard InChI is InChI=1S/C10H19NOS/c1-4-11-10(8(2)3)9-7-13-6-5-12-9/h9-11H,2,4-7H2,1,3H3. The average molecular weight is 201 g/mol. The maximum absolute atomic E-state index is 5.71. The molecule has 0 spiro atoms. The number of nitrogens with one attached hydrogen (secondary N) is 1. The second-order valence-electron chi connectivity index (χ2n) is 3.37. The maximum Gasteiger partial charge on any atom is 0.0856 e. The van der Waals surface area contributed by atoms with E-state index in [9.17, 15) is 0 Å². The molecule has 0 aliphatic carbocycles. The monoisotopic (exact) mass is 201 g/mol. The molecule has 1 aliphatic heterocycles. The van der Waals surface area contributed by atoms with E-state index in [2.05, 4.69) is 25.7 Å². The number of hydrogen-bond acceptors (Lipinski definition) is 3. The third kappa shape index (κ3) is 3.33. The number of hydrogen-bond donors (Lipinski definition) is 1. The van der Waals surface area contributed by atoms with Crippen LogP contribution in [0.4, 0.5) is 0 Å². The summed E-state index contributed by atoms with van der Waals surface area (Å²) in [6, 6.07) is 0.331. The van der Waals surface area contributed by atoms with Crippen LogP contribution in [-0.4, -0.2) is 36.8 Å². The third-order valence-corrected chi connectivity index (χ3v) is 3.19. The van der Waals surface area contributed by atoms with E-state index in [0.717, 1.165) is 24.7 Å². The predicted molar refractivity (Wildman–Crippen MR) is 59.3 cm³/mol. The van der Waals surface area contributed by atoms with Gasteiger partial charge in [0.15, 0.2) is 0 Å². The minimum Gasteiger partial charge on any atom is -0.375 e. The highest BCUT2D eigenvalue weighted by Crippen LogP contribution is 2.18. The lowest BCUT2D eigenvalue weighted by Gasteiger charge is -2.31. The van der Waals surface area contributed by atoms with E-state index < -0.39 is 0 Å². The Morgan fingerprint density at radius 3 is 3.00 bits per heavy atom. The summed E-state index contributed by atoms with van der Waals surface area (Å²) in [5.41, 5.74) is 1.18. The Morgan fingerprint density at radius 2 is 2.54 bits per heavy atom. The van der Waals surface area contributed by atoms with Crippen molar-refractivity contribution in [2.45, 2.75) is 26.0 Å². The minimum absolute atomic E-state index is 0.316. The van der Waals surface area contributed by atoms with E-state index >= 15 is 0 Å². The SMILES string of the molecule is C=C(C)C(NCC)C1CSCCO1. The van der Waals surface area contributed by atoms with Gasteiger partial charge in [-0.25, -0.2) is 0 Å². The molecule has 0 aromatic heterocycles. The van der Waals surface area contributed by atoms with Crippen molar-refractivity contribution in [3.8, 4) is 0 Å². The summed E-state index contributed by atoms with van der Waals surface area (Å²) in [5.74, 6) is 2.22. The molecular weight excluding hydrogens is 182 g/mol. The van der Waals surface area contributed by atoms with Gasteiger partial charge in [0.05, 0.1) is 18.8 Å². The van der Waals surface area contributed by atoms with E-state index in [0.29, 0.717) is 12.1 Å². The lowest BCUT2D eigenvalue weighted by atomic mass is 10.1. The number of likely N-dealkylation sites (N-methyl/N-ethyl adjacent to an activating group) is 1. The van der Waals surface area contributed by atoms with Gasteiger partial charge in [-0.3, -0.25) is 0 Å². The van der Waals surface area contributed by atoms with Crippen LogP contribution in [0.1, 0.15) is 13.8 Å². The predicted octanol–water partition coefficient (Wildman–Crippen LogP) is 1.67. The van der Waals surface area contributed by atoms with Crippen LogP contribution in [0.5, 0.6) is 0 Å². The highest BCUT2D eigenvalue weighted by atomic mass is 32.2. The normalized spacial score (nSPS) is 25.5. The van der Waals surface area contributed by atoms with Crippen molar-refractivity contribution in [3.63, 3.8) is 0 Å². The van der Waals surface area contributed by atoms with Gasteiger partial charge in [0.25, 0.3) is 0 Å². The smallest absolute Gasteiger partial charge is 0.0856 e. The van der Waals surface area contributed by atoms with Gasteiger partial charge in [0.2, 0.25) is 0 Å². The fourth-order valence-electron chi connectivity index (χ4n) is 1.54. The second kappa shape index (κ2) is 5.68. The summed E-state index contributed by atoms with van der Waals surface area (Å²) in [4.78, 5) is 0. The fourth-order valence-corrected chi connectivity index (χ4v) is 2.44. The van der Waals surface area contributed by atoms with Crippen LogP contribution in [0, 0.1) is 0 Å².